The van der Waals surface area contributed by atoms with E-state index in [0.717, 1.165) is 25.7 Å². The maximum Gasteiger partial charge on any atom is 0.233 e. The van der Waals surface area contributed by atoms with Gasteiger partial charge in [0.05, 0.1) is 18.6 Å². The fourth-order valence-corrected chi connectivity index (χ4v) is 2.70. The fourth-order valence-electron chi connectivity index (χ4n) is 2.70. The smallest absolute Gasteiger partial charge is 0.233 e. The summed E-state index contributed by atoms with van der Waals surface area (Å²) in [5.41, 5.74) is -0.397. The van der Waals surface area contributed by atoms with E-state index in [1.54, 1.807) is 26.1 Å². The highest BCUT2D eigenvalue weighted by Crippen LogP contribution is 2.38. The van der Waals surface area contributed by atoms with Gasteiger partial charge in [0.25, 0.3) is 0 Å². The van der Waals surface area contributed by atoms with Gasteiger partial charge in [-0.1, -0.05) is 12.8 Å². The Morgan fingerprint density at radius 1 is 1.25 bits per heavy atom. The van der Waals surface area contributed by atoms with Gasteiger partial charge < -0.3 is 20.3 Å². The summed E-state index contributed by atoms with van der Waals surface area (Å²) in [5, 5.41) is 5.88. The predicted octanol–water partition coefficient (Wildman–Crippen LogP) is -0.0128. The molecule has 0 aromatic rings. The molecular formula is C14H27N3O3. The van der Waals surface area contributed by atoms with Crippen molar-refractivity contribution in [3.63, 3.8) is 0 Å². The molecule has 2 N–H and O–H groups in total. The largest absolute Gasteiger partial charge is 0.383 e. The van der Waals surface area contributed by atoms with Crippen molar-refractivity contribution in [2.45, 2.75) is 25.7 Å². The summed E-state index contributed by atoms with van der Waals surface area (Å²) in [4.78, 5) is 25.7. The van der Waals surface area contributed by atoms with Crippen molar-refractivity contribution >= 4 is 11.8 Å². The molecule has 0 aliphatic heterocycles. The molecule has 116 valence electrons. The first kappa shape index (κ1) is 16.9. The second kappa shape index (κ2) is 8.21. The number of amides is 2. The quantitative estimate of drug-likeness (QED) is 0.615. The molecule has 20 heavy (non-hydrogen) atoms. The Bertz CT molecular complexity index is 326. The molecule has 1 aliphatic rings. The highest BCUT2D eigenvalue weighted by Gasteiger charge is 2.42. The molecule has 0 unspecified atom stereocenters. The number of methoxy groups -OCH3 is 1. The van der Waals surface area contributed by atoms with E-state index in [0.29, 0.717) is 19.7 Å². The molecule has 1 rings (SSSR count). The Hall–Kier alpha value is -1.14. The van der Waals surface area contributed by atoms with Crippen LogP contribution in [0.4, 0.5) is 0 Å². The number of nitrogens with one attached hydrogen (secondary N) is 2. The Morgan fingerprint density at radius 2 is 1.90 bits per heavy atom. The highest BCUT2D eigenvalue weighted by molar-refractivity contribution is 5.84. The van der Waals surface area contributed by atoms with Gasteiger partial charge in [0.1, 0.15) is 0 Å². The van der Waals surface area contributed by atoms with Crippen molar-refractivity contribution in [2.75, 3.05) is 47.4 Å². The van der Waals surface area contributed by atoms with Crippen LogP contribution in [0.25, 0.3) is 0 Å². The van der Waals surface area contributed by atoms with Gasteiger partial charge in [0, 0.05) is 34.3 Å². The zero-order valence-corrected chi connectivity index (χ0v) is 12.8. The van der Waals surface area contributed by atoms with Gasteiger partial charge in [-0.15, -0.1) is 0 Å². The van der Waals surface area contributed by atoms with E-state index in [4.69, 9.17) is 4.74 Å². The molecule has 1 aliphatic carbocycles. The minimum absolute atomic E-state index is 0.0704. The van der Waals surface area contributed by atoms with Gasteiger partial charge >= 0.3 is 0 Å². The SMILES string of the molecule is COCCNCC(=O)NCC1(C(=O)N(C)C)CCCC1. The van der Waals surface area contributed by atoms with Crippen LogP contribution in [0.1, 0.15) is 25.7 Å². The minimum Gasteiger partial charge on any atom is -0.383 e. The molecule has 0 radical (unpaired) electrons. The molecule has 0 saturated heterocycles. The predicted molar refractivity (Wildman–Crippen MR) is 77.4 cm³/mol. The van der Waals surface area contributed by atoms with Crippen LogP contribution in [0.15, 0.2) is 0 Å². The Kier molecular flexibility index (Phi) is 6.95. The molecule has 2 amide bonds. The standard InChI is InChI=1S/C14H27N3O3/c1-17(2)13(19)14(6-4-5-7-14)11-16-12(18)10-15-8-9-20-3/h15H,4-11H2,1-3H3,(H,16,18). The van der Waals surface area contributed by atoms with Crippen molar-refractivity contribution in [1.82, 2.24) is 15.5 Å². The third-order valence-electron chi connectivity index (χ3n) is 3.81. The lowest BCUT2D eigenvalue weighted by Gasteiger charge is -2.30. The number of rotatable bonds is 8. The second-order valence-electron chi connectivity index (χ2n) is 5.63. The van der Waals surface area contributed by atoms with Gasteiger partial charge in [-0.25, -0.2) is 0 Å². The van der Waals surface area contributed by atoms with Gasteiger partial charge in [-0.3, -0.25) is 9.59 Å². The van der Waals surface area contributed by atoms with E-state index in [9.17, 15) is 9.59 Å². The zero-order valence-electron chi connectivity index (χ0n) is 12.8. The molecule has 6 nitrogen and oxygen atoms in total. The number of hydrogen-bond donors (Lipinski definition) is 2. The van der Waals surface area contributed by atoms with Crippen molar-refractivity contribution in [3.05, 3.63) is 0 Å². The summed E-state index contributed by atoms with van der Waals surface area (Å²) in [5.74, 6) is 0.0570. The molecule has 1 saturated carbocycles. The molecule has 0 atom stereocenters. The summed E-state index contributed by atoms with van der Waals surface area (Å²) in [6.07, 6.45) is 3.84. The van der Waals surface area contributed by atoms with E-state index < -0.39 is 5.41 Å². The second-order valence-corrected chi connectivity index (χ2v) is 5.63. The van der Waals surface area contributed by atoms with Crippen LogP contribution in [0.5, 0.6) is 0 Å². The molecule has 0 spiro atoms. The Balaban J connectivity index is 2.40. The molecular weight excluding hydrogens is 258 g/mol. The summed E-state index contributed by atoms with van der Waals surface area (Å²) < 4.78 is 4.89. The van der Waals surface area contributed by atoms with Crippen LogP contribution in [0.3, 0.4) is 0 Å². The van der Waals surface area contributed by atoms with E-state index in [1.807, 2.05) is 0 Å². The van der Waals surface area contributed by atoms with E-state index in [1.165, 1.54) is 0 Å². The third-order valence-corrected chi connectivity index (χ3v) is 3.81. The highest BCUT2D eigenvalue weighted by atomic mass is 16.5. The van der Waals surface area contributed by atoms with Gasteiger partial charge in [0.15, 0.2) is 0 Å². The first-order chi connectivity index (χ1) is 9.52. The van der Waals surface area contributed by atoms with Gasteiger partial charge in [-0.05, 0) is 12.8 Å². The van der Waals surface area contributed by atoms with Crippen molar-refractivity contribution < 1.29 is 14.3 Å². The van der Waals surface area contributed by atoms with Crippen LogP contribution in [0, 0.1) is 5.41 Å². The van der Waals surface area contributed by atoms with E-state index in [-0.39, 0.29) is 18.4 Å². The Morgan fingerprint density at radius 3 is 2.45 bits per heavy atom. The molecule has 0 heterocycles. The van der Waals surface area contributed by atoms with Crippen LogP contribution in [0.2, 0.25) is 0 Å². The van der Waals surface area contributed by atoms with Crippen LogP contribution >= 0.6 is 0 Å². The van der Waals surface area contributed by atoms with E-state index >= 15 is 0 Å². The lowest BCUT2D eigenvalue weighted by atomic mass is 9.84. The molecule has 0 aromatic carbocycles. The maximum absolute atomic E-state index is 12.3. The molecule has 0 aromatic heterocycles. The van der Waals surface area contributed by atoms with Gasteiger partial charge in [0.2, 0.25) is 11.8 Å². The first-order valence-corrected chi connectivity index (χ1v) is 7.20. The van der Waals surface area contributed by atoms with Crippen LogP contribution in [-0.2, 0) is 14.3 Å². The fraction of sp³-hybridized carbons (Fsp3) is 0.857. The lowest BCUT2D eigenvalue weighted by molar-refractivity contribution is -0.139. The van der Waals surface area contributed by atoms with Crippen LogP contribution in [-0.4, -0.2) is 64.2 Å². The number of carbonyl (C=O) groups excluding carboxylic acids is 2. The summed E-state index contributed by atoms with van der Waals surface area (Å²) in [6, 6.07) is 0. The van der Waals surface area contributed by atoms with Gasteiger partial charge in [-0.2, -0.15) is 0 Å². The molecule has 0 bridgehead atoms. The van der Waals surface area contributed by atoms with Crippen LogP contribution < -0.4 is 10.6 Å². The summed E-state index contributed by atoms with van der Waals surface area (Å²) in [7, 11) is 5.17. The number of hydrogen-bond acceptors (Lipinski definition) is 4. The number of nitrogens with zero attached hydrogens (tertiary/aromatic N) is 1. The Labute approximate surface area is 121 Å². The topological polar surface area (TPSA) is 70.7 Å². The van der Waals surface area contributed by atoms with Crippen molar-refractivity contribution in [1.29, 1.82) is 0 Å². The molecule has 6 heteroatoms. The zero-order chi connectivity index (χ0) is 15.0. The third kappa shape index (κ3) is 4.76. The summed E-state index contributed by atoms with van der Waals surface area (Å²) >= 11 is 0. The number of ether oxygens (including phenoxy) is 1. The normalized spacial score (nSPS) is 16.9. The van der Waals surface area contributed by atoms with E-state index in [2.05, 4.69) is 10.6 Å². The van der Waals surface area contributed by atoms with Crippen molar-refractivity contribution in [2.24, 2.45) is 5.41 Å². The average Bonchev–Trinajstić information content (AvgIpc) is 2.90. The number of carbonyl (C=O) groups is 2. The minimum atomic E-state index is -0.397. The monoisotopic (exact) mass is 285 g/mol. The lowest BCUT2D eigenvalue weighted by Crippen LogP contribution is -2.48. The average molecular weight is 285 g/mol. The maximum atomic E-state index is 12.3. The molecule has 1 fully saturated rings. The first-order valence-electron chi connectivity index (χ1n) is 7.20. The van der Waals surface area contributed by atoms with Crippen molar-refractivity contribution in [3.8, 4) is 0 Å². The summed E-state index contributed by atoms with van der Waals surface area (Å²) in [6.45, 7) is 1.92.